The largest absolute Gasteiger partial charge is 0.330 e. The summed E-state index contributed by atoms with van der Waals surface area (Å²) in [5.74, 6) is 0. The summed E-state index contributed by atoms with van der Waals surface area (Å²) in [6.07, 6.45) is 0.879. The molecule has 0 fully saturated rings. The second kappa shape index (κ2) is 3.94. The molecular weight excluding hydrogens is 134 g/mol. The molecule has 11 heavy (non-hydrogen) atoms. The lowest BCUT2D eigenvalue weighted by molar-refractivity contribution is 1.02. The van der Waals surface area contributed by atoms with E-state index in [1.54, 1.807) is 0 Å². The number of hydrogen-bond donors (Lipinski definition) is 1. The van der Waals surface area contributed by atoms with Crippen LogP contribution in [0.3, 0.4) is 0 Å². The Kier molecular flexibility index (Phi) is 2.87. The summed E-state index contributed by atoms with van der Waals surface area (Å²) in [4.78, 5) is 0. The molecule has 1 aromatic rings. The minimum Gasteiger partial charge on any atom is -0.330 e. The van der Waals surface area contributed by atoms with Crippen molar-refractivity contribution in [2.45, 2.75) is 6.42 Å². The van der Waals surface area contributed by atoms with Gasteiger partial charge in [-0.3, -0.25) is 0 Å². The Bertz CT molecular complexity index is 226. The molecule has 0 amide bonds. The number of rotatable bonds is 3. The van der Waals surface area contributed by atoms with Crippen LogP contribution in [0.15, 0.2) is 36.9 Å². The van der Waals surface area contributed by atoms with Crippen LogP contribution in [0.5, 0.6) is 0 Å². The fourth-order valence-corrected chi connectivity index (χ4v) is 0.992. The molecule has 1 rings (SSSR count). The Balaban J connectivity index is 2.69. The van der Waals surface area contributed by atoms with E-state index in [-0.39, 0.29) is 0 Å². The summed E-state index contributed by atoms with van der Waals surface area (Å²) in [7, 11) is 0. The van der Waals surface area contributed by atoms with Crippen LogP contribution < -0.4 is 5.73 Å². The standard InChI is InChI=1S/C10H13N/c1-9(7-8-11)10-5-3-2-4-6-10/h2-6H,1,7-8,11H2. The SMILES string of the molecule is C=C(CCN)c1ccccc1. The molecule has 0 heterocycles. The van der Waals surface area contributed by atoms with Gasteiger partial charge < -0.3 is 5.73 Å². The van der Waals surface area contributed by atoms with Gasteiger partial charge in [0.25, 0.3) is 0 Å². The molecule has 0 unspecified atom stereocenters. The quantitative estimate of drug-likeness (QED) is 0.695. The topological polar surface area (TPSA) is 26.0 Å². The Morgan fingerprint density at radius 3 is 2.45 bits per heavy atom. The molecule has 1 aromatic carbocycles. The van der Waals surface area contributed by atoms with Gasteiger partial charge in [-0.05, 0) is 24.1 Å². The van der Waals surface area contributed by atoms with E-state index in [1.165, 1.54) is 5.56 Å². The molecule has 1 nitrogen and oxygen atoms in total. The smallest absolute Gasteiger partial charge is 0.00367 e. The van der Waals surface area contributed by atoms with Crippen LogP contribution in [0, 0.1) is 0 Å². The average molecular weight is 147 g/mol. The minimum atomic E-state index is 0.674. The summed E-state index contributed by atoms with van der Waals surface area (Å²) in [6, 6.07) is 10.1. The summed E-state index contributed by atoms with van der Waals surface area (Å²) in [5, 5.41) is 0. The maximum absolute atomic E-state index is 5.41. The maximum atomic E-state index is 5.41. The lowest BCUT2D eigenvalue weighted by Crippen LogP contribution is -1.98. The molecule has 2 N–H and O–H groups in total. The van der Waals surface area contributed by atoms with Crippen molar-refractivity contribution in [3.8, 4) is 0 Å². The Morgan fingerprint density at radius 1 is 1.27 bits per heavy atom. The van der Waals surface area contributed by atoms with Crippen molar-refractivity contribution in [1.82, 2.24) is 0 Å². The van der Waals surface area contributed by atoms with Gasteiger partial charge in [-0.25, -0.2) is 0 Å². The molecule has 0 radical (unpaired) electrons. The van der Waals surface area contributed by atoms with Gasteiger partial charge in [-0.1, -0.05) is 36.9 Å². The third-order valence-corrected chi connectivity index (χ3v) is 1.63. The van der Waals surface area contributed by atoms with Crippen molar-refractivity contribution in [3.63, 3.8) is 0 Å². The molecule has 0 bridgehead atoms. The van der Waals surface area contributed by atoms with E-state index in [4.69, 9.17) is 5.73 Å². The predicted molar refractivity (Wildman–Crippen MR) is 49.1 cm³/mol. The van der Waals surface area contributed by atoms with Crippen molar-refractivity contribution in [2.24, 2.45) is 5.73 Å². The molecule has 0 aliphatic carbocycles. The van der Waals surface area contributed by atoms with Gasteiger partial charge in [0, 0.05) is 0 Å². The highest BCUT2D eigenvalue weighted by molar-refractivity contribution is 5.63. The Morgan fingerprint density at radius 2 is 1.91 bits per heavy atom. The van der Waals surface area contributed by atoms with E-state index < -0.39 is 0 Å². The van der Waals surface area contributed by atoms with Crippen LogP contribution in [0.4, 0.5) is 0 Å². The molecular formula is C10H13N. The van der Waals surface area contributed by atoms with E-state index in [0.29, 0.717) is 6.54 Å². The van der Waals surface area contributed by atoms with Crippen molar-refractivity contribution in [2.75, 3.05) is 6.54 Å². The molecule has 1 heteroatoms. The highest BCUT2D eigenvalue weighted by Crippen LogP contribution is 2.13. The molecule has 0 aliphatic heterocycles. The van der Waals surface area contributed by atoms with Crippen LogP contribution in [0.25, 0.3) is 5.57 Å². The van der Waals surface area contributed by atoms with Gasteiger partial charge >= 0.3 is 0 Å². The van der Waals surface area contributed by atoms with Gasteiger partial charge in [0.05, 0.1) is 0 Å². The first-order valence-corrected chi connectivity index (χ1v) is 3.78. The summed E-state index contributed by atoms with van der Waals surface area (Å²) < 4.78 is 0. The molecule has 0 aliphatic rings. The maximum Gasteiger partial charge on any atom is -0.00367 e. The molecule has 0 saturated heterocycles. The second-order valence-corrected chi connectivity index (χ2v) is 2.51. The van der Waals surface area contributed by atoms with Gasteiger partial charge in [0.2, 0.25) is 0 Å². The van der Waals surface area contributed by atoms with Crippen LogP contribution >= 0.6 is 0 Å². The zero-order valence-corrected chi connectivity index (χ0v) is 6.59. The Hall–Kier alpha value is -1.08. The monoisotopic (exact) mass is 147 g/mol. The number of hydrogen-bond acceptors (Lipinski definition) is 1. The summed E-state index contributed by atoms with van der Waals surface area (Å²) >= 11 is 0. The summed E-state index contributed by atoms with van der Waals surface area (Å²) in [6.45, 7) is 4.61. The van der Waals surface area contributed by atoms with Crippen molar-refractivity contribution >= 4 is 5.57 Å². The molecule has 0 aromatic heterocycles. The van der Waals surface area contributed by atoms with Gasteiger partial charge in [0.1, 0.15) is 0 Å². The number of nitrogens with two attached hydrogens (primary N) is 1. The average Bonchev–Trinajstić information content (AvgIpc) is 2.07. The van der Waals surface area contributed by atoms with Crippen LogP contribution in [0.2, 0.25) is 0 Å². The molecule has 0 spiro atoms. The first-order chi connectivity index (χ1) is 5.34. The molecule has 0 saturated carbocycles. The van der Waals surface area contributed by atoms with E-state index >= 15 is 0 Å². The summed E-state index contributed by atoms with van der Waals surface area (Å²) in [5.41, 5.74) is 7.72. The first-order valence-electron chi connectivity index (χ1n) is 3.78. The third-order valence-electron chi connectivity index (χ3n) is 1.63. The van der Waals surface area contributed by atoms with Gasteiger partial charge in [0.15, 0.2) is 0 Å². The predicted octanol–water partition coefficient (Wildman–Crippen LogP) is 2.05. The lowest BCUT2D eigenvalue weighted by atomic mass is 10.1. The van der Waals surface area contributed by atoms with Crippen LogP contribution in [0.1, 0.15) is 12.0 Å². The van der Waals surface area contributed by atoms with Crippen LogP contribution in [-0.4, -0.2) is 6.54 Å². The number of benzene rings is 1. The third kappa shape index (κ3) is 2.20. The zero-order valence-electron chi connectivity index (χ0n) is 6.59. The molecule has 0 atom stereocenters. The molecule has 58 valence electrons. The van der Waals surface area contributed by atoms with Crippen molar-refractivity contribution < 1.29 is 0 Å². The van der Waals surface area contributed by atoms with Crippen molar-refractivity contribution in [3.05, 3.63) is 42.5 Å². The van der Waals surface area contributed by atoms with E-state index in [1.807, 2.05) is 18.2 Å². The zero-order chi connectivity index (χ0) is 8.10. The van der Waals surface area contributed by atoms with E-state index in [9.17, 15) is 0 Å². The van der Waals surface area contributed by atoms with Crippen LogP contribution in [-0.2, 0) is 0 Å². The Labute approximate surface area is 67.5 Å². The second-order valence-electron chi connectivity index (χ2n) is 2.51. The fourth-order valence-electron chi connectivity index (χ4n) is 0.992. The van der Waals surface area contributed by atoms with E-state index in [2.05, 4.69) is 18.7 Å². The fraction of sp³-hybridized carbons (Fsp3) is 0.200. The normalized spacial score (nSPS) is 9.55. The van der Waals surface area contributed by atoms with E-state index in [0.717, 1.165) is 12.0 Å². The lowest BCUT2D eigenvalue weighted by Gasteiger charge is -2.02. The highest BCUT2D eigenvalue weighted by atomic mass is 14.5. The first kappa shape index (κ1) is 8.02. The van der Waals surface area contributed by atoms with Gasteiger partial charge in [-0.15, -0.1) is 0 Å². The minimum absolute atomic E-state index is 0.674. The van der Waals surface area contributed by atoms with Crippen molar-refractivity contribution in [1.29, 1.82) is 0 Å². The van der Waals surface area contributed by atoms with Gasteiger partial charge in [-0.2, -0.15) is 0 Å². The highest BCUT2D eigenvalue weighted by Gasteiger charge is 1.94.